The van der Waals surface area contributed by atoms with Crippen molar-refractivity contribution in [2.45, 2.75) is 38.6 Å². The molecule has 5 heteroatoms. The molecule has 0 bridgehead atoms. The van der Waals surface area contributed by atoms with Crippen LogP contribution in [0.3, 0.4) is 0 Å². The minimum Gasteiger partial charge on any atom is -0.409 e. The van der Waals surface area contributed by atoms with Crippen LogP contribution in [0.2, 0.25) is 0 Å². The largest absolute Gasteiger partial charge is 0.409 e. The molecular formula is C12H26N4O. The topological polar surface area (TPSA) is 73.9 Å². The van der Waals surface area contributed by atoms with Gasteiger partial charge in [-0.25, -0.2) is 0 Å². The maximum Gasteiger partial charge on any atom is 0.140 e. The van der Waals surface area contributed by atoms with Crippen LogP contribution in [0.15, 0.2) is 5.16 Å². The van der Waals surface area contributed by atoms with Gasteiger partial charge in [0.25, 0.3) is 0 Å². The normalized spacial score (nSPS) is 21.6. The highest BCUT2D eigenvalue weighted by Crippen LogP contribution is 2.15. The van der Waals surface area contributed by atoms with Crippen molar-refractivity contribution in [3.8, 4) is 0 Å². The predicted molar refractivity (Wildman–Crippen MR) is 70.3 cm³/mol. The zero-order valence-corrected chi connectivity index (χ0v) is 11.0. The average molecular weight is 242 g/mol. The number of likely N-dealkylation sites (tertiary alicyclic amines) is 1. The lowest BCUT2D eigenvalue weighted by molar-refractivity contribution is 0.212. The molecule has 5 nitrogen and oxygen atoms in total. The van der Waals surface area contributed by atoms with E-state index in [2.05, 4.69) is 29.3 Å². The van der Waals surface area contributed by atoms with Gasteiger partial charge in [-0.05, 0) is 51.9 Å². The third-order valence-corrected chi connectivity index (χ3v) is 3.61. The van der Waals surface area contributed by atoms with Crippen LogP contribution in [0.4, 0.5) is 0 Å². The number of nitrogens with zero attached hydrogens (tertiary/aromatic N) is 2. The summed E-state index contributed by atoms with van der Waals surface area (Å²) in [5.74, 6) is 1.08. The number of rotatable bonds is 6. The standard InChI is InChI=1S/C12H26N4O/c1-3-11(8-12(13)15-17)14-9-10-4-6-16(2)7-5-10/h10-11,14,17H,3-9H2,1-2H3,(H2,13,15). The number of oxime groups is 1. The Hall–Kier alpha value is -0.810. The first-order valence-corrected chi connectivity index (χ1v) is 6.54. The number of hydrogen-bond acceptors (Lipinski definition) is 4. The van der Waals surface area contributed by atoms with Gasteiger partial charge in [0, 0.05) is 12.5 Å². The van der Waals surface area contributed by atoms with Crippen LogP contribution in [0, 0.1) is 5.92 Å². The van der Waals surface area contributed by atoms with Gasteiger partial charge >= 0.3 is 0 Å². The van der Waals surface area contributed by atoms with Crippen molar-refractivity contribution in [2.75, 3.05) is 26.7 Å². The molecule has 1 aliphatic rings. The molecule has 1 fully saturated rings. The number of piperidine rings is 1. The summed E-state index contributed by atoms with van der Waals surface area (Å²) >= 11 is 0. The van der Waals surface area contributed by atoms with E-state index in [0.29, 0.717) is 18.3 Å². The van der Waals surface area contributed by atoms with Gasteiger partial charge in [0.1, 0.15) is 5.84 Å². The van der Waals surface area contributed by atoms with E-state index in [-0.39, 0.29) is 0 Å². The Kier molecular flexibility index (Phi) is 6.29. The second-order valence-corrected chi connectivity index (χ2v) is 5.06. The van der Waals surface area contributed by atoms with Gasteiger partial charge in [0.15, 0.2) is 0 Å². The number of nitrogens with two attached hydrogens (primary N) is 1. The Morgan fingerprint density at radius 3 is 2.71 bits per heavy atom. The second kappa shape index (κ2) is 7.50. The molecule has 0 aliphatic carbocycles. The Balaban J connectivity index is 2.23. The molecule has 1 heterocycles. The van der Waals surface area contributed by atoms with E-state index in [0.717, 1.165) is 18.9 Å². The van der Waals surface area contributed by atoms with Gasteiger partial charge < -0.3 is 21.2 Å². The first-order chi connectivity index (χ1) is 8.15. The molecule has 1 rings (SSSR count). The first-order valence-electron chi connectivity index (χ1n) is 6.54. The monoisotopic (exact) mass is 242 g/mol. The summed E-state index contributed by atoms with van der Waals surface area (Å²) < 4.78 is 0. The lowest BCUT2D eigenvalue weighted by atomic mass is 9.96. The van der Waals surface area contributed by atoms with E-state index in [1.165, 1.54) is 25.9 Å². The molecule has 1 unspecified atom stereocenters. The van der Waals surface area contributed by atoms with Crippen LogP contribution < -0.4 is 11.1 Å². The summed E-state index contributed by atoms with van der Waals surface area (Å²) in [6.45, 7) is 5.56. The summed E-state index contributed by atoms with van der Waals surface area (Å²) in [6.07, 6.45) is 4.16. The maximum absolute atomic E-state index is 8.55. The van der Waals surface area contributed by atoms with Crippen LogP contribution in [0.25, 0.3) is 0 Å². The Bertz CT molecular complexity index is 237. The highest BCUT2D eigenvalue weighted by atomic mass is 16.4. The van der Waals surface area contributed by atoms with E-state index >= 15 is 0 Å². The molecule has 0 aromatic heterocycles. The highest BCUT2D eigenvalue weighted by molar-refractivity contribution is 5.80. The molecule has 4 N–H and O–H groups in total. The molecule has 0 spiro atoms. The number of amidine groups is 1. The fourth-order valence-electron chi connectivity index (χ4n) is 2.25. The van der Waals surface area contributed by atoms with Crippen LogP contribution in [-0.4, -0.2) is 48.7 Å². The molecule has 100 valence electrons. The molecule has 0 aromatic carbocycles. The Morgan fingerprint density at radius 2 is 2.18 bits per heavy atom. The molecule has 17 heavy (non-hydrogen) atoms. The summed E-state index contributed by atoms with van der Waals surface area (Å²) in [7, 11) is 2.18. The van der Waals surface area contributed by atoms with Crippen molar-refractivity contribution in [1.82, 2.24) is 10.2 Å². The zero-order chi connectivity index (χ0) is 12.7. The van der Waals surface area contributed by atoms with Gasteiger partial charge in [-0.2, -0.15) is 0 Å². The molecule has 1 saturated heterocycles. The second-order valence-electron chi connectivity index (χ2n) is 5.06. The van der Waals surface area contributed by atoms with E-state index in [9.17, 15) is 0 Å². The van der Waals surface area contributed by atoms with Gasteiger partial charge in [-0.15, -0.1) is 0 Å². The Morgan fingerprint density at radius 1 is 1.53 bits per heavy atom. The Labute approximate surface area is 104 Å². The van der Waals surface area contributed by atoms with Gasteiger partial charge in [0.2, 0.25) is 0 Å². The minimum atomic E-state index is 0.313. The van der Waals surface area contributed by atoms with Crippen molar-refractivity contribution in [2.24, 2.45) is 16.8 Å². The van der Waals surface area contributed by atoms with Crippen molar-refractivity contribution in [3.63, 3.8) is 0 Å². The quantitative estimate of drug-likeness (QED) is 0.279. The molecule has 0 radical (unpaired) electrons. The number of nitrogens with one attached hydrogen (secondary N) is 1. The van der Waals surface area contributed by atoms with E-state index < -0.39 is 0 Å². The summed E-state index contributed by atoms with van der Waals surface area (Å²) in [4.78, 5) is 2.38. The SMILES string of the molecule is CCC(CC(N)=NO)NCC1CCN(C)CC1. The summed E-state index contributed by atoms with van der Waals surface area (Å²) in [5, 5.41) is 15.1. The fraction of sp³-hybridized carbons (Fsp3) is 0.917. The van der Waals surface area contributed by atoms with Crippen molar-refractivity contribution >= 4 is 5.84 Å². The minimum absolute atomic E-state index is 0.313. The van der Waals surface area contributed by atoms with Crippen LogP contribution in [0.5, 0.6) is 0 Å². The molecule has 1 atom stereocenters. The molecule has 0 saturated carbocycles. The average Bonchev–Trinajstić information content (AvgIpc) is 2.36. The molecule has 1 aliphatic heterocycles. The van der Waals surface area contributed by atoms with E-state index in [4.69, 9.17) is 10.9 Å². The fourth-order valence-corrected chi connectivity index (χ4v) is 2.25. The molecule has 0 amide bonds. The summed E-state index contributed by atoms with van der Waals surface area (Å²) in [5.41, 5.74) is 5.53. The van der Waals surface area contributed by atoms with Gasteiger partial charge in [0.05, 0.1) is 0 Å². The number of hydrogen-bond donors (Lipinski definition) is 3. The van der Waals surface area contributed by atoms with E-state index in [1.807, 2.05) is 0 Å². The van der Waals surface area contributed by atoms with Crippen LogP contribution >= 0.6 is 0 Å². The predicted octanol–water partition coefficient (Wildman–Crippen LogP) is 0.833. The van der Waals surface area contributed by atoms with Crippen molar-refractivity contribution < 1.29 is 5.21 Å². The molecular weight excluding hydrogens is 216 g/mol. The van der Waals surface area contributed by atoms with Crippen LogP contribution in [-0.2, 0) is 0 Å². The van der Waals surface area contributed by atoms with Crippen molar-refractivity contribution in [1.29, 1.82) is 0 Å². The smallest absolute Gasteiger partial charge is 0.140 e. The van der Waals surface area contributed by atoms with Crippen LogP contribution in [0.1, 0.15) is 32.6 Å². The lowest BCUT2D eigenvalue weighted by Gasteiger charge is -2.30. The zero-order valence-electron chi connectivity index (χ0n) is 11.0. The lowest BCUT2D eigenvalue weighted by Crippen LogP contribution is -2.39. The van der Waals surface area contributed by atoms with Gasteiger partial charge in [-0.1, -0.05) is 12.1 Å². The maximum atomic E-state index is 8.55. The van der Waals surface area contributed by atoms with Crippen molar-refractivity contribution in [3.05, 3.63) is 0 Å². The third-order valence-electron chi connectivity index (χ3n) is 3.61. The molecule has 0 aromatic rings. The summed E-state index contributed by atoms with van der Waals surface area (Å²) in [6, 6.07) is 0.325. The third kappa shape index (κ3) is 5.37. The first kappa shape index (κ1) is 14.3. The van der Waals surface area contributed by atoms with Gasteiger partial charge in [-0.3, -0.25) is 0 Å². The highest BCUT2D eigenvalue weighted by Gasteiger charge is 2.17. The van der Waals surface area contributed by atoms with E-state index in [1.54, 1.807) is 0 Å².